The number of thiocarbonyl (C=S) groups is 1. The number of ether oxygens (including phenoxy) is 1. The van der Waals surface area contributed by atoms with E-state index < -0.39 is 24.5 Å². The molecule has 0 bridgehead atoms. The maximum absolute atomic E-state index is 12.4. The number of amides is 1. The minimum Gasteiger partial charge on any atom is -0.490 e. The van der Waals surface area contributed by atoms with E-state index in [1.165, 1.54) is 0 Å². The van der Waals surface area contributed by atoms with E-state index in [2.05, 4.69) is 6.58 Å². The summed E-state index contributed by atoms with van der Waals surface area (Å²) in [5, 5.41) is 18.3. The fourth-order valence-corrected chi connectivity index (χ4v) is 3.34. The number of rotatable bonds is 7. The summed E-state index contributed by atoms with van der Waals surface area (Å²) >= 11 is 6.07. The van der Waals surface area contributed by atoms with Crippen LogP contribution in [0.25, 0.3) is 6.08 Å². The molecule has 0 unspecified atom stereocenters. The molecule has 6 nitrogen and oxygen atoms in total. The van der Waals surface area contributed by atoms with Crippen molar-refractivity contribution in [3.05, 3.63) is 47.4 Å². The molecular formula is C16H15NO5S2. The van der Waals surface area contributed by atoms with E-state index >= 15 is 0 Å². The van der Waals surface area contributed by atoms with Gasteiger partial charge in [0.1, 0.15) is 16.7 Å². The molecule has 0 spiro atoms. The molecule has 2 rings (SSSR count). The highest BCUT2D eigenvalue weighted by atomic mass is 32.2. The molecule has 0 aromatic heterocycles. The van der Waals surface area contributed by atoms with Crippen molar-refractivity contribution >= 4 is 46.3 Å². The topological polar surface area (TPSA) is 87.1 Å². The Hall–Kier alpha value is -2.16. The van der Waals surface area contributed by atoms with Gasteiger partial charge in [-0.2, -0.15) is 0 Å². The van der Waals surface area contributed by atoms with Crippen LogP contribution in [0.5, 0.6) is 5.75 Å². The van der Waals surface area contributed by atoms with Crippen LogP contribution in [-0.4, -0.2) is 50.6 Å². The van der Waals surface area contributed by atoms with Crippen LogP contribution in [-0.2, 0) is 9.59 Å². The molecule has 1 amide bonds. The normalized spacial score (nSPS) is 17.2. The maximum atomic E-state index is 12.4. The van der Waals surface area contributed by atoms with E-state index in [0.29, 0.717) is 17.3 Å². The molecule has 0 aliphatic carbocycles. The Kier molecular flexibility index (Phi) is 6.13. The van der Waals surface area contributed by atoms with E-state index in [1.807, 2.05) is 0 Å². The summed E-state index contributed by atoms with van der Waals surface area (Å²) in [5.41, 5.74) is 0.748. The Morgan fingerprint density at radius 2 is 2.08 bits per heavy atom. The third kappa shape index (κ3) is 4.02. The van der Waals surface area contributed by atoms with Crippen molar-refractivity contribution in [1.82, 2.24) is 4.90 Å². The number of hydrogen-bond acceptors (Lipinski definition) is 6. The minimum absolute atomic E-state index is 0.110. The van der Waals surface area contributed by atoms with Gasteiger partial charge < -0.3 is 14.9 Å². The van der Waals surface area contributed by atoms with Gasteiger partial charge in [-0.3, -0.25) is 9.69 Å². The molecule has 1 saturated heterocycles. The van der Waals surface area contributed by atoms with Gasteiger partial charge in [0.25, 0.3) is 5.91 Å². The van der Waals surface area contributed by atoms with Gasteiger partial charge in [0, 0.05) is 0 Å². The zero-order valence-corrected chi connectivity index (χ0v) is 14.2. The van der Waals surface area contributed by atoms with Gasteiger partial charge >= 0.3 is 5.97 Å². The predicted molar refractivity (Wildman–Crippen MR) is 95.7 cm³/mol. The maximum Gasteiger partial charge on any atom is 0.329 e. The quantitative estimate of drug-likeness (QED) is 0.433. The van der Waals surface area contributed by atoms with Crippen molar-refractivity contribution in [2.24, 2.45) is 0 Å². The number of carboxylic acids is 1. The number of aliphatic hydroxyl groups is 1. The molecule has 1 aliphatic heterocycles. The van der Waals surface area contributed by atoms with E-state index in [1.54, 1.807) is 36.4 Å². The molecule has 0 saturated carbocycles. The first-order chi connectivity index (χ1) is 11.5. The Balaban J connectivity index is 2.19. The number of nitrogens with zero attached hydrogens (tertiary/aromatic N) is 1. The van der Waals surface area contributed by atoms with Gasteiger partial charge in [0.05, 0.1) is 11.5 Å². The highest BCUT2D eigenvalue weighted by Gasteiger charge is 2.40. The predicted octanol–water partition coefficient (Wildman–Crippen LogP) is 1.90. The largest absolute Gasteiger partial charge is 0.490 e. The number of aliphatic hydroxyl groups excluding tert-OH is 1. The lowest BCUT2D eigenvalue weighted by Crippen LogP contribution is -2.46. The van der Waals surface area contributed by atoms with Crippen molar-refractivity contribution in [1.29, 1.82) is 0 Å². The van der Waals surface area contributed by atoms with Gasteiger partial charge in [0.15, 0.2) is 6.04 Å². The number of carboxylic acid groups (broad SMARTS) is 1. The Bertz CT molecular complexity index is 699. The zero-order chi connectivity index (χ0) is 17.7. The lowest BCUT2D eigenvalue weighted by atomic mass is 10.2. The fraction of sp³-hybridized carbons (Fsp3) is 0.188. The van der Waals surface area contributed by atoms with E-state index in [4.69, 9.17) is 22.1 Å². The van der Waals surface area contributed by atoms with Crippen LogP contribution in [0.4, 0.5) is 0 Å². The van der Waals surface area contributed by atoms with Crippen molar-refractivity contribution in [3.8, 4) is 5.75 Å². The summed E-state index contributed by atoms with van der Waals surface area (Å²) in [5.74, 6) is -1.16. The van der Waals surface area contributed by atoms with Crippen LogP contribution >= 0.6 is 24.0 Å². The summed E-state index contributed by atoms with van der Waals surface area (Å²) in [4.78, 5) is 24.7. The highest BCUT2D eigenvalue weighted by Crippen LogP contribution is 2.34. The van der Waals surface area contributed by atoms with E-state index in [-0.39, 0.29) is 4.32 Å². The van der Waals surface area contributed by atoms with Gasteiger partial charge in [0.2, 0.25) is 0 Å². The minimum atomic E-state index is -1.38. The average Bonchev–Trinajstić information content (AvgIpc) is 2.82. The molecular weight excluding hydrogens is 350 g/mol. The number of carbonyl (C=O) groups is 2. The Morgan fingerprint density at radius 1 is 1.42 bits per heavy atom. The summed E-state index contributed by atoms with van der Waals surface area (Å²) in [6, 6.07) is 5.67. The second-order valence-electron chi connectivity index (χ2n) is 4.76. The molecule has 1 aromatic rings. The standard InChI is InChI=1S/C16H15NO5S2/c1-2-7-22-11-5-3-10(4-6-11)8-13-14(19)17(16(23)24-13)12(9-18)15(20)21/h2-6,8,12,18H,1,7,9H2,(H,20,21)/b13-8-/t12-/m1/s1. The van der Waals surface area contributed by atoms with Gasteiger partial charge in [-0.05, 0) is 23.8 Å². The second-order valence-corrected chi connectivity index (χ2v) is 6.43. The smallest absolute Gasteiger partial charge is 0.329 e. The van der Waals surface area contributed by atoms with Gasteiger partial charge in [-0.25, -0.2) is 4.79 Å². The molecule has 2 N–H and O–H groups in total. The third-order valence-corrected chi connectivity index (χ3v) is 4.47. The molecule has 24 heavy (non-hydrogen) atoms. The van der Waals surface area contributed by atoms with Crippen molar-refractivity contribution in [2.75, 3.05) is 13.2 Å². The van der Waals surface area contributed by atoms with Gasteiger partial charge in [-0.1, -0.05) is 48.8 Å². The SMILES string of the molecule is C=CCOc1ccc(/C=C2\SC(=S)N([C@H](CO)C(=O)O)C2=O)cc1. The fourth-order valence-electron chi connectivity index (χ4n) is 1.99. The van der Waals surface area contributed by atoms with Crippen LogP contribution in [0.1, 0.15) is 5.56 Å². The number of thioether (sulfide) groups is 1. The first-order valence-corrected chi connectivity index (χ1v) is 8.15. The number of aliphatic carboxylic acids is 1. The first kappa shape index (κ1) is 18.2. The molecule has 1 heterocycles. The lowest BCUT2D eigenvalue weighted by Gasteiger charge is -2.20. The van der Waals surface area contributed by atoms with Crippen LogP contribution in [0.2, 0.25) is 0 Å². The molecule has 1 fully saturated rings. The molecule has 126 valence electrons. The van der Waals surface area contributed by atoms with Crippen LogP contribution in [0, 0.1) is 0 Å². The molecule has 1 aromatic carbocycles. The molecule has 0 radical (unpaired) electrons. The van der Waals surface area contributed by atoms with Crippen LogP contribution in [0.3, 0.4) is 0 Å². The summed E-state index contributed by atoms with van der Waals surface area (Å²) in [6.45, 7) is 3.26. The average molecular weight is 365 g/mol. The van der Waals surface area contributed by atoms with Crippen LogP contribution < -0.4 is 4.74 Å². The molecule has 1 atom stereocenters. The Morgan fingerprint density at radius 3 is 2.62 bits per heavy atom. The second kappa shape index (κ2) is 8.09. The number of carbonyl (C=O) groups excluding carboxylic acids is 1. The van der Waals surface area contributed by atoms with Crippen molar-refractivity contribution < 1.29 is 24.5 Å². The first-order valence-electron chi connectivity index (χ1n) is 6.92. The summed E-state index contributed by atoms with van der Waals surface area (Å²) in [6.07, 6.45) is 3.26. The zero-order valence-electron chi connectivity index (χ0n) is 12.5. The molecule has 1 aliphatic rings. The summed E-state index contributed by atoms with van der Waals surface area (Å²) < 4.78 is 5.48. The monoisotopic (exact) mass is 365 g/mol. The number of benzene rings is 1. The number of hydrogen-bond donors (Lipinski definition) is 2. The van der Waals surface area contributed by atoms with Gasteiger partial charge in [-0.15, -0.1) is 0 Å². The van der Waals surface area contributed by atoms with Crippen molar-refractivity contribution in [3.63, 3.8) is 0 Å². The van der Waals surface area contributed by atoms with Crippen LogP contribution in [0.15, 0.2) is 41.8 Å². The van der Waals surface area contributed by atoms with Crippen molar-refractivity contribution in [2.45, 2.75) is 6.04 Å². The van der Waals surface area contributed by atoms with E-state index in [9.17, 15) is 14.7 Å². The third-order valence-electron chi connectivity index (χ3n) is 3.14. The lowest BCUT2D eigenvalue weighted by molar-refractivity contribution is -0.146. The Labute approximate surface area is 148 Å². The molecule has 8 heteroatoms. The van der Waals surface area contributed by atoms with E-state index in [0.717, 1.165) is 22.2 Å². The highest BCUT2D eigenvalue weighted by molar-refractivity contribution is 8.26. The summed E-state index contributed by atoms with van der Waals surface area (Å²) in [7, 11) is 0.